The monoisotopic (exact) mass is 382 g/mol. The number of carbonyl (C=O) groups excluding carboxylic acids is 2. The summed E-state index contributed by atoms with van der Waals surface area (Å²) in [6, 6.07) is 1.80. The molecule has 8 heteroatoms. The second-order valence-corrected chi connectivity index (χ2v) is 7.71. The molecule has 0 aromatic carbocycles. The van der Waals surface area contributed by atoms with Gasteiger partial charge in [0.2, 0.25) is 11.8 Å². The van der Waals surface area contributed by atoms with Crippen LogP contribution in [0.5, 0.6) is 0 Å². The van der Waals surface area contributed by atoms with E-state index in [0.717, 1.165) is 42.9 Å². The Labute approximate surface area is 164 Å². The van der Waals surface area contributed by atoms with Crippen LogP contribution in [0.15, 0.2) is 24.7 Å². The Morgan fingerprint density at radius 2 is 2.18 bits per heavy atom. The standard InChI is InChI=1S/C20H26N6O2/c1-14(12-25-8-4-7-22-25)20(28)26-9-3-5-18(26)19-21-11-16-13-24(15(2)27)10-6-17(16)23-19/h4,7-8,11,14,18H,3,5-6,9-10,12-13H2,1-2H3. The highest BCUT2D eigenvalue weighted by Gasteiger charge is 2.35. The molecule has 2 amide bonds. The number of hydrogen-bond acceptors (Lipinski definition) is 5. The van der Waals surface area contributed by atoms with Crippen LogP contribution in [0.1, 0.15) is 49.8 Å². The van der Waals surface area contributed by atoms with E-state index in [-0.39, 0.29) is 23.8 Å². The van der Waals surface area contributed by atoms with Crippen molar-refractivity contribution in [2.75, 3.05) is 13.1 Å². The minimum atomic E-state index is -0.151. The summed E-state index contributed by atoms with van der Waals surface area (Å²) in [6.45, 7) is 6.11. The third-order valence-electron chi connectivity index (χ3n) is 5.67. The predicted molar refractivity (Wildman–Crippen MR) is 102 cm³/mol. The van der Waals surface area contributed by atoms with Crippen molar-refractivity contribution in [3.63, 3.8) is 0 Å². The molecule has 0 spiro atoms. The highest BCUT2D eigenvalue weighted by Crippen LogP contribution is 2.32. The summed E-state index contributed by atoms with van der Waals surface area (Å²) in [4.78, 5) is 37.8. The van der Waals surface area contributed by atoms with Crippen molar-refractivity contribution >= 4 is 11.8 Å². The smallest absolute Gasteiger partial charge is 0.227 e. The zero-order valence-electron chi connectivity index (χ0n) is 16.4. The average molecular weight is 382 g/mol. The highest BCUT2D eigenvalue weighted by molar-refractivity contribution is 5.79. The molecule has 2 atom stereocenters. The molecule has 0 bridgehead atoms. The van der Waals surface area contributed by atoms with Gasteiger partial charge in [0.05, 0.1) is 24.2 Å². The SMILES string of the molecule is CC(=O)N1CCc2nc(C3CCCN3C(=O)C(C)Cn3cccn3)ncc2C1. The van der Waals surface area contributed by atoms with Crippen molar-refractivity contribution in [1.29, 1.82) is 0 Å². The first-order chi connectivity index (χ1) is 13.5. The number of amides is 2. The molecular weight excluding hydrogens is 356 g/mol. The lowest BCUT2D eigenvalue weighted by atomic mass is 10.1. The highest BCUT2D eigenvalue weighted by atomic mass is 16.2. The first-order valence-corrected chi connectivity index (χ1v) is 9.91. The van der Waals surface area contributed by atoms with Crippen molar-refractivity contribution in [2.24, 2.45) is 5.92 Å². The Morgan fingerprint density at radius 3 is 2.93 bits per heavy atom. The third-order valence-corrected chi connectivity index (χ3v) is 5.67. The number of rotatable bonds is 4. The zero-order chi connectivity index (χ0) is 19.7. The first-order valence-electron chi connectivity index (χ1n) is 9.91. The van der Waals surface area contributed by atoms with Crippen molar-refractivity contribution in [2.45, 2.75) is 52.2 Å². The molecule has 2 aromatic rings. The van der Waals surface area contributed by atoms with Crippen molar-refractivity contribution in [1.82, 2.24) is 29.5 Å². The summed E-state index contributed by atoms with van der Waals surface area (Å²) < 4.78 is 1.80. The molecule has 2 aliphatic rings. The van der Waals surface area contributed by atoms with E-state index in [1.807, 2.05) is 35.2 Å². The van der Waals surface area contributed by atoms with Crippen molar-refractivity contribution in [3.8, 4) is 0 Å². The van der Waals surface area contributed by atoms with E-state index in [1.54, 1.807) is 17.8 Å². The van der Waals surface area contributed by atoms with Crippen LogP contribution in [0.4, 0.5) is 0 Å². The van der Waals surface area contributed by atoms with Crippen LogP contribution < -0.4 is 0 Å². The molecule has 0 radical (unpaired) electrons. The van der Waals surface area contributed by atoms with Crippen molar-refractivity contribution in [3.05, 3.63) is 41.7 Å². The van der Waals surface area contributed by atoms with Gasteiger partial charge >= 0.3 is 0 Å². The molecular formula is C20H26N6O2. The molecule has 4 heterocycles. The van der Waals surface area contributed by atoms with Gasteiger partial charge in [-0.05, 0) is 18.9 Å². The van der Waals surface area contributed by atoms with Gasteiger partial charge in [-0.1, -0.05) is 6.92 Å². The van der Waals surface area contributed by atoms with Crippen molar-refractivity contribution < 1.29 is 9.59 Å². The van der Waals surface area contributed by atoms with Crippen LogP contribution in [0.3, 0.4) is 0 Å². The summed E-state index contributed by atoms with van der Waals surface area (Å²) >= 11 is 0. The predicted octanol–water partition coefficient (Wildman–Crippen LogP) is 1.58. The van der Waals surface area contributed by atoms with Crippen LogP contribution >= 0.6 is 0 Å². The Morgan fingerprint density at radius 1 is 1.32 bits per heavy atom. The summed E-state index contributed by atoms with van der Waals surface area (Å²) in [7, 11) is 0. The molecule has 4 rings (SSSR count). The minimum Gasteiger partial charge on any atom is -0.338 e. The van der Waals surface area contributed by atoms with E-state index in [0.29, 0.717) is 19.6 Å². The average Bonchev–Trinajstić information content (AvgIpc) is 3.38. The maximum atomic E-state index is 13.0. The number of nitrogens with zero attached hydrogens (tertiary/aromatic N) is 6. The molecule has 8 nitrogen and oxygen atoms in total. The Hall–Kier alpha value is -2.77. The molecule has 2 aromatic heterocycles. The second kappa shape index (κ2) is 7.69. The Balaban J connectivity index is 1.49. The van der Waals surface area contributed by atoms with Gasteiger partial charge in [-0.2, -0.15) is 5.10 Å². The van der Waals surface area contributed by atoms with Gasteiger partial charge in [-0.15, -0.1) is 0 Å². The summed E-state index contributed by atoms with van der Waals surface area (Å²) in [5.74, 6) is 0.782. The number of hydrogen-bond donors (Lipinski definition) is 0. The number of carbonyl (C=O) groups is 2. The number of likely N-dealkylation sites (tertiary alicyclic amines) is 1. The van der Waals surface area contributed by atoms with E-state index in [9.17, 15) is 9.59 Å². The molecule has 2 aliphatic heterocycles. The lowest BCUT2D eigenvalue weighted by molar-refractivity contribution is -0.136. The minimum absolute atomic E-state index is 0.0660. The molecule has 1 fully saturated rings. The van der Waals surface area contributed by atoms with Gasteiger partial charge in [0.1, 0.15) is 0 Å². The molecule has 0 aliphatic carbocycles. The first kappa shape index (κ1) is 18.6. The third kappa shape index (κ3) is 3.63. The largest absolute Gasteiger partial charge is 0.338 e. The van der Waals surface area contributed by atoms with Gasteiger partial charge in [0.15, 0.2) is 5.82 Å². The van der Waals surface area contributed by atoms with Crippen LogP contribution in [0.25, 0.3) is 0 Å². The van der Waals surface area contributed by atoms with Gasteiger partial charge in [-0.25, -0.2) is 9.97 Å². The molecule has 28 heavy (non-hydrogen) atoms. The van der Waals surface area contributed by atoms with Gasteiger partial charge in [0.25, 0.3) is 0 Å². The van der Waals surface area contributed by atoms with Crippen LogP contribution in [-0.2, 0) is 29.1 Å². The van der Waals surface area contributed by atoms with Crippen LogP contribution in [-0.4, -0.2) is 54.5 Å². The number of aromatic nitrogens is 4. The number of fused-ring (bicyclic) bond motifs is 1. The summed E-state index contributed by atoms with van der Waals surface area (Å²) in [6.07, 6.45) is 8.02. The molecule has 2 unspecified atom stereocenters. The molecule has 0 N–H and O–H groups in total. The van der Waals surface area contributed by atoms with E-state index in [1.165, 1.54) is 0 Å². The Kier molecular flexibility index (Phi) is 5.11. The van der Waals surface area contributed by atoms with E-state index in [2.05, 4.69) is 10.1 Å². The fourth-order valence-corrected chi connectivity index (χ4v) is 4.11. The maximum absolute atomic E-state index is 13.0. The van der Waals surface area contributed by atoms with Crippen LogP contribution in [0, 0.1) is 5.92 Å². The van der Waals surface area contributed by atoms with Gasteiger partial charge in [0, 0.05) is 57.1 Å². The molecule has 148 valence electrons. The lowest BCUT2D eigenvalue weighted by Gasteiger charge is -2.29. The fraction of sp³-hybridized carbons (Fsp3) is 0.550. The quantitative estimate of drug-likeness (QED) is 0.802. The maximum Gasteiger partial charge on any atom is 0.227 e. The lowest BCUT2D eigenvalue weighted by Crippen LogP contribution is -2.38. The van der Waals surface area contributed by atoms with Gasteiger partial charge < -0.3 is 9.80 Å². The zero-order valence-corrected chi connectivity index (χ0v) is 16.4. The van der Waals surface area contributed by atoms with Gasteiger partial charge in [-0.3, -0.25) is 14.3 Å². The second-order valence-electron chi connectivity index (χ2n) is 7.71. The molecule has 0 saturated carbocycles. The fourth-order valence-electron chi connectivity index (χ4n) is 4.11. The summed E-state index contributed by atoms with van der Waals surface area (Å²) in [5, 5.41) is 4.20. The van der Waals surface area contributed by atoms with E-state index in [4.69, 9.17) is 4.98 Å². The normalized spacial score (nSPS) is 20.1. The van der Waals surface area contributed by atoms with E-state index >= 15 is 0 Å². The topological polar surface area (TPSA) is 84.2 Å². The van der Waals surface area contributed by atoms with E-state index < -0.39 is 0 Å². The molecule has 1 saturated heterocycles. The Bertz CT molecular complexity index is 866. The summed E-state index contributed by atoms with van der Waals surface area (Å²) in [5.41, 5.74) is 2.01. The van der Waals surface area contributed by atoms with Crippen LogP contribution in [0.2, 0.25) is 0 Å².